The maximum Gasteiger partial charge on any atom is 0.191 e. The normalized spacial score (nSPS) is 13.7. The maximum absolute atomic E-state index is 13.7. The minimum Gasteiger partial charge on any atom is -0.355 e. The first-order valence-electron chi connectivity index (χ1n) is 8.49. The predicted molar refractivity (Wildman–Crippen MR) is 117 cm³/mol. The highest BCUT2D eigenvalue weighted by Crippen LogP contribution is 2.21. The molecule has 2 N–H and O–H groups in total. The number of nitrogens with zero attached hydrogens (tertiary/aromatic N) is 1. The second-order valence-electron chi connectivity index (χ2n) is 7.39. The summed E-state index contributed by atoms with van der Waals surface area (Å²) in [5, 5.41) is 6.23. The lowest BCUT2D eigenvalue weighted by Crippen LogP contribution is -2.44. The molecule has 0 aliphatic carbocycles. The predicted octanol–water partition coefficient (Wildman–Crippen LogP) is 3.60. The number of aliphatic imine (C=N–C) groups is 1. The number of guanidine groups is 1. The Balaban J connectivity index is 0.00000625. The Kier molecular flexibility index (Phi) is 10.7. The number of halogens is 2. The van der Waals surface area contributed by atoms with Crippen LogP contribution >= 0.6 is 24.0 Å². The van der Waals surface area contributed by atoms with Gasteiger partial charge in [0.15, 0.2) is 15.8 Å². The van der Waals surface area contributed by atoms with Crippen molar-refractivity contribution in [1.82, 2.24) is 10.6 Å². The number of hydrogen-bond donors (Lipinski definition) is 2. The molecule has 1 unspecified atom stereocenters. The Bertz CT molecular complexity index is 688. The van der Waals surface area contributed by atoms with E-state index in [9.17, 15) is 12.8 Å². The van der Waals surface area contributed by atoms with E-state index < -0.39 is 15.7 Å². The summed E-state index contributed by atoms with van der Waals surface area (Å²) >= 11 is 0. The van der Waals surface area contributed by atoms with Gasteiger partial charge in [0.05, 0.1) is 5.75 Å². The van der Waals surface area contributed by atoms with Crippen molar-refractivity contribution in [3.8, 4) is 0 Å². The van der Waals surface area contributed by atoms with Crippen molar-refractivity contribution in [3.05, 3.63) is 30.1 Å². The molecule has 150 valence electrons. The Labute approximate surface area is 174 Å². The fraction of sp³-hybridized carbons (Fsp3) is 0.611. The first kappa shape index (κ1) is 25.1. The molecule has 0 heterocycles. The van der Waals surface area contributed by atoms with Gasteiger partial charge < -0.3 is 10.6 Å². The van der Waals surface area contributed by atoms with Crippen LogP contribution in [0.3, 0.4) is 0 Å². The number of benzene rings is 1. The molecule has 0 aliphatic heterocycles. The van der Waals surface area contributed by atoms with Crippen molar-refractivity contribution in [2.75, 3.05) is 19.3 Å². The summed E-state index contributed by atoms with van der Waals surface area (Å²) in [6, 6.07) is 5.64. The van der Waals surface area contributed by atoms with E-state index in [0.717, 1.165) is 18.9 Å². The number of nitrogens with one attached hydrogen (secondary N) is 2. The van der Waals surface area contributed by atoms with Gasteiger partial charge in [-0.15, -0.1) is 24.0 Å². The second-order valence-corrected chi connectivity index (χ2v) is 9.47. The molecular formula is C18H31FIN3O2S. The van der Waals surface area contributed by atoms with E-state index in [-0.39, 0.29) is 52.6 Å². The Morgan fingerprint density at radius 1 is 1.27 bits per heavy atom. The number of sulfone groups is 1. The van der Waals surface area contributed by atoms with Crippen molar-refractivity contribution in [1.29, 1.82) is 0 Å². The SMILES string of the molecule is CN=C(NCCS(=O)(=O)c1ccccc1F)NC(C)CCC(C)(C)C.I. The van der Waals surface area contributed by atoms with Crippen molar-refractivity contribution in [2.24, 2.45) is 10.4 Å². The molecule has 8 heteroatoms. The zero-order valence-electron chi connectivity index (χ0n) is 16.2. The largest absolute Gasteiger partial charge is 0.355 e. The van der Waals surface area contributed by atoms with Crippen LogP contribution in [-0.4, -0.2) is 39.8 Å². The van der Waals surface area contributed by atoms with E-state index in [0.29, 0.717) is 5.96 Å². The monoisotopic (exact) mass is 499 g/mol. The average molecular weight is 499 g/mol. The molecule has 0 fully saturated rings. The van der Waals surface area contributed by atoms with Crippen LogP contribution in [0.15, 0.2) is 34.2 Å². The quantitative estimate of drug-likeness (QED) is 0.342. The van der Waals surface area contributed by atoms with E-state index in [1.165, 1.54) is 18.2 Å². The van der Waals surface area contributed by atoms with Gasteiger partial charge in [-0.3, -0.25) is 4.99 Å². The lowest BCUT2D eigenvalue weighted by atomic mass is 9.89. The molecule has 0 aliphatic rings. The lowest BCUT2D eigenvalue weighted by Gasteiger charge is -2.23. The molecule has 5 nitrogen and oxygen atoms in total. The molecule has 0 spiro atoms. The molecule has 0 radical (unpaired) electrons. The molecule has 0 saturated carbocycles. The summed E-state index contributed by atoms with van der Waals surface area (Å²) in [6.07, 6.45) is 2.05. The highest BCUT2D eigenvalue weighted by atomic mass is 127. The molecule has 0 bridgehead atoms. The zero-order valence-corrected chi connectivity index (χ0v) is 19.3. The average Bonchev–Trinajstić information content (AvgIpc) is 2.51. The van der Waals surface area contributed by atoms with Crippen LogP contribution in [0.25, 0.3) is 0 Å². The van der Waals surface area contributed by atoms with Crippen LogP contribution in [0.2, 0.25) is 0 Å². The highest BCUT2D eigenvalue weighted by Gasteiger charge is 2.19. The molecule has 0 aromatic heterocycles. The van der Waals surface area contributed by atoms with Gasteiger partial charge in [0, 0.05) is 19.6 Å². The molecule has 0 saturated heterocycles. The third kappa shape index (κ3) is 9.16. The number of rotatable bonds is 7. The van der Waals surface area contributed by atoms with Gasteiger partial charge in [0.1, 0.15) is 10.7 Å². The van der Waals surface area contributed by atoms with Crippen LogP contribution in [0, 0.1) is 11.2 Å². The maximum atomic E-state index is 13.7. The summed E-state index contributed by atoms with van der Waals surface area (Å²) in [6.45, 7) is 8.80. The minimum atomic E-state index is -3.67. The van der Waals surface area contributed by atoms with Crippen LogP contribution < -0.4 is 10.6 Å². The molecule has 26 heavy (non-hydrogen) atoms. The lowest BCUT2D eigenvalue weighted by molar-refractivity contribution is 0.346. The Morgan fingerprint density at radius 3 is 2.42 bits per heavy atom. The third-order valence-corrected chi connectivity index (χ3v) is 5.51. The van der Waals surface area contributed by atoms with Gasteiger partial charge in [0.2, 0.25) is 0 Å². The van der Waals surface area contributed by atoms with E-state index in [1.54, 1.807) is 7.05 Å². The Hall–Kier alpha value is -0.900. The molecule has 1 aromatic rings. The van der Waals surface area contributed by atoms with Crippen LogP contribution in [0.1, 0.15) is 40.5 Å². The van der Waals surface area contributed by atoms with Gasteiger partial charge in [0.25, 0.3) is 0 Å². The summed E-state index contributed by atoms with van der Waals surface area (Å²) in [5.41, 5.74) is 0.265. The van der Waals surface area contributed by atoms with Crippen molar-refractivity contribution < 1.29 is 12.8 Å². The van der Waals surface area contributed by atoms with E-state index in [1.807, 2.05) is 0 Å². The van der Waals surface area contributed by atoms with Crippen LogP contribution in [-0.2, 0) is 9.84 Å². The van der Waals surface area contributed by atoms with Gasteiger partial charge in [-0.25, -0.2) is 12.8 Å². The zero-order chi connectivity index (χ0) is 19.1. The minimum absolute atomic E-state index is 0. The summed E-state index contributed by atoms with van der Waals surface area (Å²) in [4.78, 5) is 3.84. The van der Waals surface area contributed by atoms with E-state index in [4.69, 9.17) is 0 Å². The van der Waals surface area contributed by atoms with Crippen LogP contribution in [0.4, 0.5) is 4.39 Å². The van der Waals surface area contributed by atoms with Gasteiger partial charge in [-0.1, -0.05) is 32.9 Å². The molecule has 1 atom stereocenters. The molecule has 1 rings (SSSR count). The summed E-state index contributed by atoms with van der Waals surface area (Å²) < 4.78 is 38.1. The summed E-state index contributed by atoms with van der Waals surface area (Å²) in [7, 11) is -2.04. The van der Waals surface area contributed by atoms with E-state index >= 15 is 0 Å². The Morgan fingerprint density at radius 2 is 1.88 bits per heavy atom. The third-order valence-electron chi connectivity index (χ3n) is 3.77. The smallest absolute Gasteiger partial charge is 0.191 e. The number of hydrogen-bond acceptors (Lipinski definition) is 3. The second kappa shape index (κ2) is 11.1. The molecular weight excluding hydrogens is 468 g/mol. The molecule has 0 amide bonds. The first-order chi connectivity index (χ1) is 11.5. The van der Waals surface area contributed by atoms with Crippen molar-refractivity contribution in [3.63, 3.8) is 0 Å². The highest BCUT2D eigenvalue weighted by molar-refractivity contribution is 14.0. The fourth-order valence-corrected chi connectivity index (χ4v) is 3.50. The van der Waals surface area contributed by atoms with Gasteiger partial charge >= 0.3 is 0 Å². The van der Waals surface area contributed by atoms with Crippen LogP contribution in [0.5, 0.6) is 0 Å². The first-order valence-corrected chi connectivity index (χ1v) is 10.1. The topological polar surface area (TPSA) is 70.6 Å². The summed E-state index contributed by atoms with van der Waals surface area (Å²) in [5.74, 6) is -0.378. The standard InChI is InChI=1S/C18H30FN3O2S.HI/c1-14(10-11-18(2,3)4)22-17(20-5)21-12-13-25(23,24)16-9-7-6-8-15(16)19;/h6-9,14H,10-13H2,1-5H3,(H2,20,21,22);1H. The van der Waals surface area contributed by atoms with Crippen molar-refractivity contribution in [2.45, 2.75) is 51.5 Å². The molecule has 1 aromatic carbocycles. The van der Waals surface area contributed by atoms with Crippen molar-refractivity contribution >= 4 is 39.8 Å². The van der Waals surface area contributed by atoms with Gasteiger partial charge in [-0.05, 0) is 37.3 Å². The van der Waals surface area contributed by atoms with E-state index in [2.05, 4.69) is 43.3 Å². The van der Waals surface area contributed by atoms with Gasteiger partial charge in [-0.2, -0.15) is 0 Å². The fourth-order valence-electron chi connectivity index (χ4n) is 2.26.